The standard InChI is InChI=1S/C62H69N11O13S2/c1-6-14-47(69-61(87)66-40-24-22-39(23-25-40)64-60(82)68-48(32-51(74)75)37-16-11-18-42(29-37)71-88(83,84)43-19-12-17-41(30-43)65-59(81)63-26-7-2)56(78)72-27-13-21-49(72)54(76)70-52(35(4)5)57(79)86-62(8-3)45-31-50-53-38(28-36-15-9-10-20-46(36)67-53)33-73(50)55(77)44(45)34-85-58(62)80/h9-12,15-20,22-25,28-31,35,47-49,52,71H,6-8,13-14,21,26-27,32-34H2,1-5H3,(H,70,76)(H,74,75)(H2,63,65,81)(H2,64,68,82)(H2,66,69,87)/t47-,48?,49-,52-,62-/m0/s1. The van der Waals surface area contributed by atoms with Gasteiger partial charge in [-0.25, -0.2) is 32.6 Å². The predicted molar refractivity (Wildman–Crippen MR) is 333 cm³/mol. The highest BCUT2D eigenvalue weighted by atomic mass is 32.2. The smallest absolute Gasteiger partial charge is 0.355 e. The molecule has 462 valence electrons. The van der Waals surface area contributed by atoms with Crippen molar-refractivity contribution >= 4 is 103 Å². The topological polar surface area (TPSA) is 327 Å². The molecule has 9 N–H and O–H groups in total. The van der Waals surface area contributed by atoms with E-state index in [4.69, 9.17) is 26.7 Å². The Labute approximate surface area is 513 Å². The molecule has 88 heavy (non-hydrogen) atoms. The molecular formula is C62H69N11O13S2. The number of ether oxygens (including phenoxy) is 2. The number of esters is 2. The summed E-state index contributed by atoms with van der Waals surface area (Å²) in [6, 6.07) is 23.7. The van der Waals surface area contributed by atoms with E-state index in [0.29, 0.717) is 61.4 Å². The molecule has 6 aromatic rings. The van der Waals surface area contributed by atoms with Crippen LogP contribution in [0, 0.1) is 5.92 Å². The third kappa shape index (κ3) is 14.0. The predicted octanol–water partition coefficient (Wildman–Crippen LogP) is 7.59. The minimum atomic E-state index is -4.19. The van der Waals surface area contributed by atoms with Crippen LogP contribution in [0.2, 0.25) is 0 Å². The minimum absolute atomic E-state index is 0.0840. The second-order valence-electron chi connectivity index (χ2n) is 22.0. The highest BCUT2D eigenvalue weighted by molar-refractivity contribution is 7.92. The minimum Gasteiger partial charge on any atom is -0.481 e. The summed E-state index contributed by atoms with van der Waals surface area (Å²) in [5.41, 5.74) is 1.93. The number of hydrogen-bond donors (Lipinski definition) is 9. The molecule has 9 rings (SSSR count). The van der Waals surface area contributed by atoms with Crippen LogP contribution in [-0.2, 0) is 62.2 Å². The van der Waals surface area contributed by atoms with E-state index in [2.05, 4.69) is 41.9 Å². The van der Waals surface area contributed by atoms with Gasteiger partial charge in [-0.3, -0.25) is 23.9 Å². The number of carboxylic acids is 1. The van der Waals surface area contributed by atoms with Crippen LogP contribution in [0.1, 0.15) is 108 Å². The first kappa shape index (κ1) is 63.1. The maximum absolute atomic E-state index is 14.4. The lowest BCUT2D eigenvalue weighted by molar-refractivity contribution is -0.191. The van der Waals surface area contributed by atoms with Crippen molar-refractivity contribution in [2.45, 2.75) is 127 Å². The molecule has 5 heterocycles. The molecule has 0 radical (unpaired) electrons. The van der Waals surface area contributed by atoms with Crippen molar-refractivity contribution in [2.75, 3.05) is 33.8 Å². The number of aromatic nitrogens is 2. The summed E-state index contributed by atoms with van der Waals surface area (Å²) in [7, 11) is -4.19. The normalized spacial score (nSPS) is 16.8. The van der Waals surface area contributed by atoms with E-state index >= 15 is 0 Å². The molecule has 6 amide bonds. The Balaban J connectivity index is 0.804. The second kappa shape index (κ2) is 27.1. The van der Waals surface area contributed by atoms with E-state index in [1.165, 1.54) is 47.4 Å². The lowest BCUT2D eigenvalue weighted by atomic mass is 9.85. The summed E-state index contributed by atoms with van der Waals surface area (Å²) in [5.74, 6) is -4.56. The molecule has 1 saturated heterocycles. The van der Waals surface area contributed by atoms with Gasteiger partial charge in [0.2, 0.25) is 17.4 Å². The number of cyclic esters (lactones) is 1. The Kier molecular flexibility index (Phi) is 19.4. The fourth-order valence-corrected chi connectivity index (χ4v) is 12.4. The number of pyridine rings is 2. The first-order chi connectivity index (χ1) is 42.1. The number of carboxylic acid groups (broad SMARTS) is 1. The second-order valence-corrected chi connectivity index (χ2v) is 24.1. The number of aliphatic carboxylic acids is 1. The van der Waals surface area contributed by atoms with Gasteiger partial charge >= 0.3 is 30.0 Å². The van der Waals surface area contributed by atoms with Gasteiger partial charge in [0.1, 0.15) is 24.7 Å². The van der Waals surface area contributed by atoms with Gasteiger partial charge in [-0.2, -0.15) is 0 Å². The van der Waals surface area contributed by atoms with Crippen molar-refractivity contribution in [1.82, 2.24) is 35.7 Å². The number of nitrogens with zero attached hydrogens (tertiary/aromatic N) is 3. The highest BCUT2D eigenvalue weighted by Gasteiger charge is 2.52. The number of amides is 6. The van der Waals surface area contributed by atoms with Crippen molar-refractivity contribution in [1.29, 1.82) is 0 Å². The molecular weight excluding hydrogens is 1170 g/mol. The largest absolute Gasteiger partial charge is 0.481 e. The molecule has 0 bridgehead atoms. The van der Waals surface area contributed by atoms with Gasteiger partial charge < -0.3 is 61.3 Å². The number of hydrogen-bond acceptors (Lipinski definition) is 14. The van der Waals surface area contributed by atoms with Gasteiger partial charge in [-0.05, 0) is 129 Å². The molecule has 26 heteroatoms. The molecule has 24 nitrogen and oxygen atoms in total. The van der Waals surface area contributed by atoms with Crippen molar-refractivity contribution < 1.29 is 56.6 Å². The van der Waals surface area contributed by atoms with Crippen LogP contribution in [0.4, 0.5) is 32.3 Å². The number of sulfonamides is 1. The Morgan fingerprint density at radius 1 is 0.818 bits per heavy atom. The van der Waals surface area contributed by atoms with Crippen LogP contribution in [0.25, 0.3) is 22.3 Å². The number of benzene rings is 4. The Morgan fingerprint density at radius 2 is 1.53 bits per heavy atom. The summed E-state index contributed by atoms with van der Waals surface area (Å²) in [6.45, 7) is 9.46. The van der Waals surface area contributed by atoms with Crippen molar-refractivity contribution in [3.8, 4) is 11.4 Å². The molecule has 0 saturated carbocycles. The van der Waals surface area contributed by atoms with Crippen LogP contribution in [-0.4, -0.2) is 106 Å². The van der Waals surface area contributed by atoms with Gasteiger partial charge in [-0.15, -0.1) is 0 Å². The zero-order valence-electron chi connectivity index (χ0n) is 49.1. The van der Waals surface area contributed by atoms with E-state index in [0.717, 1.165) is 16.5 Å². The average Bonchev–Trinajstić information content (AvgIpc) is 1.40. The van der Waals surface area contributed by atoms with Crippen LogP contribution in [0.3, 0.4) is 0 Å². The number of rotatable bonds is 22. The maximum atomic E-state index is 14.4. The van der Waals surface area contributed by atoms with E-state index in [-0.39, 0.29) is 64.2 Å². The van der Waals surface area contributed by atoms with Crippen LogP contribution < -0.4 is 47.5 Å². The van der Waals surface area contributed by atoms with E-state index in [9.17, 15) is 51.9 Å². The molecule has 3 aliphatic heterocycles. The maximum Gasteiger partial charge on any atom is 0.355 e. The Bertz CT molecular complexity index is 3900. The first-order valence-electron chi connectivity index (χ1n) is 29.0. The number of likely N-dealkylation sites (tertiary alicyclic amines) is 1. The van der Waals surface area contributed by atoms with Gasteiger partial charge in [-0.1, -0.05) is 77.4 Å². The number of urea groups is 2. The summed E-state index contributed by atoms with van der Waals surface area (Å²) in [5, 5.41) is 30.3. The number of para-hydroxylation sites is 1. The number of carbonyl (C=O) groups excluding carboxylic acids is 6. The molecule has 0 spiro atoms. The van der Waals surface area contributed by atoms with Crippen molar-refractivity contribution in [2.24, 2.45) is 5.92 Å². The molecule has 1 fully saturated rings. The summed E-state index contributed by atoms with van der Waals surface area (Å²) in [4.78, 5) is 115. The number of carbonyl (C=O) groups is 7. The van der Waals surface area contributed by atoms with E-state index in [1.54, 1.807) is 61.7 Å². The number of nitrogens with one attached hydrogen (secondary N) is 8. The molecule has 3 aliphatic rings. The average molecular weight is 1240 g/mol. The summed E-state index contributed by atoms with van der Waals surface area (Å²) >= 11 is 5.66. The number of fused-ring (bicyclic) bond motifs is 5. The first-order valence-corrected chi connectivity index (χ1v) is 30.9. The number of anilines is 4. The Morgan fingerprint density at radius 3 is 2.25 bits per heavy atom. The van der Waals surface area contributed by atoms with Crippen LogP contribution in [0.5, 0.6) is 0 Å². The molecule has 2 aromatic heterocycles. The Hall–Kier alpha value is -9.43. The zero-order valence-corrected chi connectivity index (χ0v) is 50.7. The molecule has 5 atom stereocenters. The molecule has 0 aliphatic carbocycles. The SMILES string of the molecule is CCCNC(=O)Nc1cccc(S(=O)(=O)Nc2cccc(C(CC(=O)O)NC(=O)Nc3ccc(NC(=S)N[C@@H](CCC)C(=O)N4CCC[C@H]4C(=O)N[C@H](C(=O)O[C@]4(CC)C(=O)OCc5c4cc4n(c5=O)Cc5cc6ccccc6nc5-4)C(C)C)cc3)c2)c1. The quantitative estimate of drug-likeness (QED) is 0.0233. The summed E-state index contributed by atoms with van der Waals surface area (Å²) < 4.78 is 42.7. The van der Waals surface area contributed by atoms with Gasteiger partial charge in [0, 0.05) is 52.4 Å². The molecule has 1 unspecified atom stereocenters. The highest BCUT2D eigenvalue weighted by Crippen LogP contribution is 2.41. The van der Waals surface area contributed by atoms with Crippen molar-refractivity contribution in [3.05, 3.63) is 142 Å². The van der Waals surface area contributed by atoms with Gasteiger partial charge in [0.15, 0.2) is 5.11 Å². The number of thiocarbonyl (C=S) groups is 1. The van der Waals surface area contributed by atoms with Crippen LogP contribution >= 0.6 is 12.2 Å². The third-order valence-corrected chi connectivity index (χ3v) is 17.1. The van der Waals surface area contributed by atoms with E-state index < -0.39 is 99.5 Å². The zero-order chi connectivity index (χ0) is 63.0. The fourth-order valence-electron chi connectivity index (χ4n) is 11.0. The fraction of sp³-hybridized carbons (Fsp3) is 0.355. The summed E-state index contributed by atoms with van der Waals surface area (Å²) in [6.07, 6.45) is 1.76. The van der Waals surface area contributed by atoms with Crippen molar-refractivity contribution in [3.63, 3.8) is 0 Å². The third-order valence-electron chi connectivity index (χ3n) is 15.5. The lowest BCUT2D eigenvalue weighted by Crippen LogP contribution is -2.57. The monoisotopic (exact) mass is 1240 g/mol. The van der Waals surface area contributed by atoms with Gasteiger partial charge in [0.25, 0.3) is 15.6 Å². The van der Waals surface area contributed by atoms with Gasteiger partial charge in [0.05, 0.1) is 46.4 Å². The van der Waals surface area contributed by atoms with E-state index in [1.807, 2.05) is 44.2 Å². The molecule has 4 aromatic carbocycles. The van der Waals surface area contributed by atoms with Crippen LogP contribution in [0.15, 0.2) is 119 Å². The lowest BCUT2D eigenvalue weighted by Gasteiger charge is -2.37.